The molecule has 27 heavy (non-hydrogen) atoms. The molecule has 6 nitrogen and oxygen atoms in total. The molecule has 0 fully saturated rings. The number of carbonyl (C=O) groups is 2. The van der Waals surface area contributed by atoms with E-state index in [0.29, 0.717) is 11.3 Å². The van der Waals surface area contributed by atoms with Crippen molar-refractivity contribution in [2.75, 3.05) is 7.11 Å². The van der Waals surface area contributed by atoms with Crippen LogP contribution < -0.4 is 11.1 Å². The molecule has 1 unspecified atom stereocenters. The van der Waals surface area contributed by atoms with Crippen molar-refractivity contribution in [3.8, 4) is 0 Å². The maximum absolute atomic E-state index is 12.5. The monoisotopic (exact) mass is 394 g/mol. The summed E-state index contributed by atoms with van der Waals surface area (Å²) in [6.45, 7) is 6.60. The number of nitrogens with two attached hydrogens (primary N) is 1. The van der Waals surface area contributed by atoms with Crippen LogP contribution in [0.1, 0.15) is 60.5 Å². The van der Waals surface area contributed by atoms with Crippen LogP contribution in [0, 0.1) is 0 Å². The SMILES string of the molecule is COC(=O)CC(NC(=O)c1coc(CN)c1)c1ccc(C(C)(C)C)cc1.Cl. The van der Waals surface area contributed by atoms with Crippen molar-refractivity contribution in [2.45, 2.75) is 45.2 Å². The van der Waals surface area contributed by atoms with Gasteiger partial charge in [-0.15, -0.1) is 12.4 Å². The Hall–Kier alpha value is -2.31. The van der Waals surface area contributed by atoms with Gasteiger partial charge in [0.25, 0.3) is 5.91 Å². The van der Waals surface area contributed by atoms with Crippen molar-refractivity contribution in [3.63, 3.8) is 0 Å². The molecule has 3 N–H and O–H groups in total. The molecule has 0 saturated carbocycles. The first-order valence-electron chi connectivity index (χ1n) is 8.50. The minimum atomic E-state index is -0.500. The molecule has 2 rings (SSSR count). The summed E-state index contributed by atoms with van der Waals surface area (Å²) < 4.78 is 9.96. The smallest absolute Gasteiger partial charge is 0.307 e. The van der Waals surface area contributed by atoms with Gasteiger partial charge in [-0.25, -0.2) is 0 Å². The van der Waals surface area contributed by atoms with Gasteiger partial charge in [0, 0.05) is 0 Å². The average Bonchev–Trinajstić information content (AvgIpc) is 3.09. The molecule has 1 heterocycles. The molecule has 1 aromatic carbocycles. The van der Waals surface area contributed by atoms with E-state index < -0.39 is 12.0 Å². The molecule has 0 bridgehead atoms. The van der Waals surface area contributed by atoms with Crippen molar-refractivity contribution < 1.29 is 18.7 Å². The second-order valence-corrected chi connectivity index (χ2v) is 7.18. The Bertz CT molecular complexity index is 763. The molecule has 0 spiro atoms. The number of nitrogens with one attached hydrogen (secondary N) is 1. The van der Waals surface area contributed by atoms with E-state index in [1.165, 1.54) is 18.9 Å². The molecule has 0 aliphatic carbocycles. The lowest BCUT2D eigenvalue weighted by Crippen LogP contribution is -2.30. The first kappa shape index (κ1) is 22.7. The maximum atomic E-state index is 12.5. The van der Waals surface area contributed by atoms with Gasteiger partial charge in [0.1, 0.15) is 12.0 Å². The molecule has 0 radical (unpaired) electrons. The summed E-state index contributed by atoms with van der Waals surface area (Å²) in [7, 11) is 1.33. The fourth-order valence-corrected chi connectivity index (χ4v) is 2.57. The third kappa shape index (κ3) is 6.12. The topological polar surface area (TPSA) is 94.6 Å². The van der Waals surface area contributed by atoms with E-state index in [9.17, 15) is 9.59 Å². The molecule has 148 valence electrons. The molecule has 0 aliphatic heterocycles. The fraction of sp³-hybridized carbons (Fsp3) is 0.400. The molecular formula is C20H27ClN2O4. The highest BCUT2D eigenvalue weighted by atomic mass is 35.5. The molecule has 1 atom stereocenters. The Balaban J connectivity index is 0.00000364. The fourth-order valence-electron chi connectivity index (χ4n) is 2.57. The second-order valence-electron chi connectivity index (χ2n) is 7.18. The van der Waals surface area contributed by atoms with E-state index in [1.807, 2.05) is 24.3 Å². The van der Waals surface area contributed by atoms with Crippen molar-refractivity contribution in [1.82, 2.24) is 5.32 Å². The van der Waals surface area contributed by atoms with Crippen molar-refractivity contribution in [2.24, 2.45) is 5.73 Å². The normalized spacial score (nSPS) is 12.0. The molecule has 0 saturated heterocycles. The highest BCUT2D eigenvalue weighted by Crippen LogP contribution is 2.25. The number of rotatable bonds is 6. The summed E-state index contributed by atoms with van der Waals surface area (Å²) in [5, 5.41) is 2.87. The Morgan fingerprint density at radius 1 is 1.22 bits per heavy atom. The summed E-state index contributed by atoms with van der Waals surface area (Å²) in [5.74, 6) is -0.207. The van der Waals surface area contributed by atoms with Crippen LogP contribution in [0.4, 0.5) is 0 Å². The van der Waals surface area contributed by atoms with Crippen molar-refractivity contribution in [3.05, 3.63) is 59.0 Å². The number of amides is 1. The number of benzene rings is 1. The lowest BCUT2D eigenvalue weighted by atomic mass is 9.86. The largest absolute Gasteiger partial charge is 0.469 e. The molecule has 0 aliphatic rings. The van der Waals surface area contributed by atoms with Gasteiger partial charge >= 0.3 is 5.97 Å². The van der Waals surface area contributed by atoms with Gasteiger partial charge < -0.3 is 20.2 Å². The minimum absolute atomic E-state index is 0. The van der Waals surface area contributed by atoms with E-state index in [1.54, 1.807) is 6.07 Å². The van der Waals surface area contributed by atoms with Gasteiger partial charge in [0.2, 0.25) is 0 Å². The lowest BCUT2D eigenvalue weighted by molar-refractivity contribution is -0.141. The molecule has 2 aromatic rings. The van der Waals surface area contributed by atoms with Crippen molar-refractivity contribution >= 4 is 24.3 Å². The number of ether oxygens (including phenoxy) is 1. The van der Waals surface area contributed by atoms with Crippen LogP contribution in [-0.2, 0) is 21.5 Å². The standard InChI is InChI=1S/C20H26N2O4.ClH/c1-20(2,3)15-7-5-13(6-8-15)17(10-18(23)25-4)22-19(24)14-9-16(11-21)26-12-14;/h5-9,12,17H,10-11,21H2,1-4H3,(H,22,24);1H. The summed E-state index contributed by atoms with van der Waals surface area (Å²) in [6, 6.07) is 8.96. The van der Waals surface area contributed by atoms with E-state index in [4.69, 9.17) is 14.9 Å². The van der Waals surface area contributed by atoms with Gasteiger partial charge in [0.05, 0.1) is 31.7 Å². The quantitative estimate of drug-likeness (QED) is 0.731. The van der Waals surface area contributed by atoms with Crippen LogP contribution in [-0.4, -0.2) is 19.0 Å². The van der Waals surface area contributed by atoms with Crippen LogP contribution in [0.3, 0.4) is 0 Å². The number of carbonyl (C=O) groups excluding carboxylic acids is 2. The Kier molecular flexibility index (Phi) is 8.06. The summed E-state index contributed by atoms with van der Waals surface area (Å²) in [6.07, 6.45) is 1.40. The Labute approximate surface area is 165 Å². The van der Waals surface area contributed by atoms with Crippen LogP contribution in [0.2, 0.25) is 0 Å². The third-order valence-corrected chi connectivity index (χ3v) is 4.20. The number of furan rings is 1. The maximum Gasteiger partial charge on any atom is 0.307 e. The second kappa shape index (κ2) is 9.58. The molecule has 7 heteroatoms. The zero-order chi connectivity index (χ0) is 19.3. The molecular weight excluding hydrogens is 368 g/mol. The predicted molar refractivity (Wildman–Crippen MR) is 106 cm³/mol. The summed E-state index contributed by atoms with van der Waals surface area (Å²) >= 11 is 0. The Morgan fingerprint density at radius 2 is 1.85 bits per heavy atom. The van der Waals surface area contributed by atoms with Gasteiger partial charge in [0.15, 0.2) is 0 Å². The van der Waals surface area contributed by atoms with E-state index >= 15 is 0 Å². The van der Waals surface area contributed by atoms with Crippen LogP contribution in [0.15, 0.2) is 41.0 Å². The first-order valence-corrected chi connectivity index (χ1v) is 8.50. The predicted octanol–water partition coefficient (Wildman–Crippen LogP) is 3.49. The van der Waals surface area contributed by atoms with E-state index in [0.717, 1.165) is 5.56 Å². The third-order valence-electron chi connectivity index (χ3n) is 4.20. The minimum Gasteiger partial charge on any atom is -0.469 e. The summed E-state index contributed by atoms with van der Waals surface area (Å²) in [4.78, 5) is 24.3. The molecule has 1 aromatic heterocycles. The lowest BCUT2D eigenvalue weighted by Gasteiger charge is -2.22. The van der Waals surface area contributed by atoms with Gasteiger partial charge in [-0.3, -0.25) is 9.59 Å². The number of methoxy groups -OCH3 is 1. The van der Waals surface area contributed by atoms with Crippen LogP contribution in [0.25, 0.3) is 0 Å². The van der Waals surface area contributed by atoms with Crippen LogP contribution in [0.5, 0.6) is 0 Å². The Morgan fingerprint density at radius 3 is 2.33 bits per heavy atom. The summed E-state index contributed by atoms with van der Waals surface area (Å²) in [5.41, 5.74) is 7.90. The van der Waals surface area contributed by atoms with Gasteiger partial charge in [-0.1, -0.05) is 45.0 Å². The highest BCUT2D eigenvalue weighted by molar-refractivity contribution is 5.94. The number of esters is 1. The molecule has 1 amide bonds. The van der Waals surface area contributed by atoms with E-state index in [2.05, 4.69) is 26.1 Å². The zero-order valence-corrected chi connectivity index (χ0v) is 16.9. The average molecular weight is 395 g/mol. The first-order chi connectivity index (χ1) is 12.2. The van der Waals surface area contributed by atoms with Gasteiger partial charge in [-0.05, 0) is 22.6 Å². The highest BCUT2D eigenvalue weighted by Gasteiger charge is 2.22. The number of hydrogen-bond donors (Lipinski definition) is 2. The zero-order valence-electron chi connectivity index (χ0n) is 16.1. The number of halogens is 1. The van der Waals surface area contributed by atoms with Gasteiger partial charge in [-0.2, -0.15) is 0 Å². The number of hydrogen-bond acceptors (Lipinski definition) is 5. The van der Waals surface area contributed by atoms with Crippen LogP contribution >= 0.6 is 12.4 Å². The van der Waals surface area contributed by atoms with Crippen molar-refractivity contribution in [1.29, 1.82) is 0 Å². The van der Waals surface area contributed by atoms with E-state index in [-0.39, 0.29) is 36.7 Å².